The average Bonchev–Trinajstić information content (AvgIpc) is 2.96. The number of carbonyl (C=O) groups is 2. The molecule has 3 N–H and O–H groups in total. The van der Waals surface area contributed by atoms with E-state index in [9.17, 15) is 9.59 Å². The number of halogens is 1. The number of ether oxygens (including phenoxy) is 1. The Hall–Kier alpha value is -3.51. The molecule has 6 nitrogen and oxygen atoms in total. The minimum Gasteiger partial charge on any atom is -0.497 e. The second kappa shape index (κ2) is 13.9. The summed E-state index contributed by atoms with van der Waals surface area (Å²) < 4.78 is 5.19. The van der Waals surface area contributed by atoms with Gasteiger partial charge in [-0.1, -0.05) is 68.0 Å². The number of methoxy groups -OCH3 is 1. The zero-order chi connectivity index (χ0) is 26.7. The predicted molar refractivity (Wildman–Crippen MR) is 154 cm³/mol. The number of carbonyl (C=O) groups excluding carboxylic acids is 2. The summed E-state index contributed by atoms with van der Waals surface area (Å²) in [4.78, 5) is 26.5. The van der Waals surface area contributed by atoms with Crippen molar-refractivity contribution in [3.8, 4) is 16.9 Å². The van der Waals surface area contributed by atoms with Crippen LogP contribution >= 0.6 is 11.6 Å². The van der Waals surface area contributed by atoms with Crippen LogP contribution in [0.25, 0.3) is 11.1 Å². The van der Waals surface area contributed by atoms with Gasteiger partial charge in [0.2, 0.25) is 5.91 Å². The Morgan fingerprint density at radius 3 is 2.37 bits per heavy atom. The molecule has 0 spiro atoms. The van der Waals surface area contributed by atoms with E-state index in [0.717, 1.165) is 35.4 Å². The van der Waals surface area contributed by atoms with Crippen molar-refractivity contribution in [1.82, 2.24) is 10.6 Å². The molecule has 0 aliphatic heterocycles. The fourth-order valence-electron chi connectivity index (χ4n) is 4.94. The molecule has 200 valence electrons. The van der Waals surface area contributed by atoms with Gasteiger partial charge in [-0.25, -0.2) is 0 Å². The van der Waals surface area contributed by atoms with Gasteiger partial charge in [0.15, 0.2) is 0 Å². The van der Waals surface area contributed by atoms with Crippen molar-refractivity contribution in [3.63, 3.8) is 0 Å². The lowest BCUT2D eigenvalue weighted by molar-refractivity contribution is -0.123. The SMILES string of the molecule is COc1ccc(NCCNC(=O)C(CC2CCCCC2)NC(=O)c2cccc(-c3ccc(Cl)cc3)c2)cc1. The van der Waals surface area contributed by atoms with Crippen molar-refractivity contribution in [2.75, 3.05) is 25.5 Å². The summed E-state index contributed by atoms with van der Waals surface area (Å²) >= 11 is 6.02. The van der Waals surface area contributed by atoms with Gasteiger partial charge in [0.05, 0.1) is 7.11 Å². The average molecular weight is 534 g/mol. The lowest BCUT2D eigenvalue weighted by atomic mass is 9.84. The largest absolute Gasteiger partial charge is 0.497 e. The summed E-state index contributed by atoms with van der Waals surface area (Å²) in [5, 5.41) is 10.0. The standard InChI is InChI=1S/C31H36ClN3O3/c1-38-28-16-14-27(15-17-28)33-18-19-34-31(37)29(20-22-6-3-2-4-7-22)35-30(36)25-9-5-8-24(21-25)23-10-12-26(32)13-11-23/h5,8-17,21-22,29,33H,2-4,6-7,18-20H2,1H3,(H,34,37)(H,35,36). The van der Waals surface area contributed by atoms with Gasteiger partial charge in [-0.2, -0.15) is 0 Å². The third kappa shape index (κ3) is 7.99. The van der Waals surface area contributed by atoms with E-state index in [2.05, 4.69) is 16.0 Å². The fourth-order valence-corrected chi connectivity index (χ4v) is 5.06. The van der Waals surface area contributed by atoms with Gasteiger partial charge < -0.3 is 20.7 Å². The maximum Gasteiger partial charge on any atom is 0.251 e. The summed E-state index contributed by atoms with van der Waals surface area (Å²) in [7, 11) is 1.64. The number of anilines is 1. The van der Waals surface area contributed by atoms with Crippen LogP contribution in [0, 0.1) is 5.92 Å². The first-order valence-electron chi connectivity index (χ1n) is 13.3. The topological polar surface area (TPSA) is 79.5 Å². The molecule has 1 aliphatic rings. The Kier molecular flexibility index (Phi) is 10.0. The Morgan fingerprint density at radius 1 is 0.921 bits per heavy atom. The van der Waals surface area contributed by atoms with E-state index < -0.39 is 6.04 Å². The van der Waals surface area contributed by atoms with Crippen LogP contribution in [0.4, 0.5) is 5.69 Å². The first-order valence-corrected chi connectivity index (χ1v) is 13.7. The number of hydrogen-bond donors (Lipinski definition) is 3. The van der Waals surface area contributed by atoms with Crippen LogP contribution in [-0.2, 0) is 4.79 Å². The number of rotatable bonds is 11. The third-order valence-corrected chi connectivity index (χ3v) is 7.31. The summed E-state index contributed by atoms with van der Waals surface area (Å²) in [5.74, 6) is 0.851. The molecule has 2 amide bonds. The lowest BCUT2D eigenvalue weighted by Gasteiger charge is -2.26. The summed E-state index contributed by atoms with van der Waals surface area (Å²) in [6.07, 6.45) is 6.47. The van der Waals surface area contributed by atoms with Crippen LogP contribution in [0.1, 0.15) is 48.9 Å². The first kappa shape index (κ1) is 27.5. The normalized spacial score (nSPS) is 14.4. The molecule has 0 radical (unpaired) electrons. The van der Waals surface area contributed by atoms with Crippen LogP contribution in [0.2, 0.25) is 5.02 Å². The molecule has 7 heteroatoms. The first-order chi connectivity index (χ1) is 18.5. The van der Waals surface area contributed by atoms with Crippen molar-refractivity contribution < 1.29 is 14.3 Å². The number of hydrogen-bond acceptors (Lipinski definition) is 4. The molecular formula is C31H36ClN3O3. The van der Waals surface area contributed by atoms with Crippen LogP contribution in [0.5, 0.6) is 5.75 Å². The minimum atomic E-state index is -0.578. The van der Waals surface area contributed by atoms with Crippen LogP contribution < -0.4 is 20.7 Å². The summed E-state index contributed by atoms with van der Waals surface area (Å²) in [6.45, 7) is 1.03. The van der Waals surface area contributed by atoms with Crippen molar-refractivity contribution in [2.24, 2.45) is 5.92 Å². The predicted octanol–water partition coefficient (Wildman–Crippen LogP) is 6.31. The molecule has 3 aromatic carbocycles. The number of nitrogens with one attached hydrogen (secondary N) is 3. The van der Waals surface area contributed by atoms with Crippen molar-refractivity contribution in [1.29, 1.82) is 0 Å². The fraction of sp³-hybridized carbons (Fsp3) is 0.355. The Bertz CT molecular complexity index is 1190. The highest BCUT2D eigenvalue weighted by atomic mass is 35.5. The maximum atomic E-state index is 13.3. The molecule has 0 bridgehead atoms. The van der Waals surface area contributed by atoms with Gasteiger partial charge in [-0.15, -0.1) is 0 Å². The minimum absolute atomic E-state index is 0.144. The van der Waals surface area contributed by atoms with Gasteiger partial charge in [0.25, 0.3) is 5.91 Å². The quantitative estimate of drug-likeness (QED) is 0.252. The van der Waals surface area contributed by atoms with E-state index in [-0.39, 0.29) is 11.8 Å². The van der Waals surface area contributed by atoms with Crippen LogP contribution in [0.3, 0.4) is 0 Å². The summed E-state index contributed by atoms with van der Waals surface area (Å²) in [5.41, 5.74) is 3.38. The molecule has 3 aromatic rings. The van der Waals surface area contributed by atoms with E-state index in [1.165, 1.54) is 19.3 Å². The van der Waals surface area contributed by atoms with Gasteiger partial charge in [0.1, 0.15) is 11.8 Å². The highest BCUT2D eigenvalue weighted by molar-refractivity contribution is 6.30. The van der Waals surface area contributed by atoms with Crippen molar-refractivity contribution in [3.05, 3.63) is 83.4 Å². The van der Waals surface area contributed by atoms with Crippen molar-refractivity contribution in [2.45, 2.75) is 44.6 Å². The second-order valence-electron chi connectivity index (χ2n) is 9.80. The monoisotopic (exact) mass is 533 g/mol. The molecule has 0 aromatic heterocycles. The van der Waals surface area contributed by atoms with E-state index in [1.54, 1.807) is 13.2 Å². The molecule has 1 aliphatic carbocycles. The smallest absolute Gasteiger partial charge is 0.251 e. The maximum absolute atomic E-state index is 13.3. The Labute approximate surface area is 230 Å². The Balaban J connectivity index is 1.37. The van der Waals surface area contributed by atoms with Crippen LogP contribution in [0.15, 0.2) is 72.8 Å². The zero-order valence-corrected chi connectivity index (χ0v) is 22.6. The lowest BCUT2D eigenvalue weighted by Crippen LogP contribution is -2.48. The molecule has 1 atom stereocenters. The Morgan fingerprint density at radius 2 is 1.66 bits per heavy atom. The zero-order valence-electron chi connectivity index (χ0n) is 21.8. The highest BCUT2D eigenvalue weighted by Gasteiger charge is 2.26. The second-order valence-corrected chi connectivity index (χ2v) is 10.2. The van der Waals surface area contributed by atoms with Gasteiger partial charge in [-0.3, -0.25) is 9.59 Å². The molecule has 1 saturated carbocycles. The molecule has 4 rings (SSSR count). The number of benzene rings is 3. The molecule has 1 unspecified atom stereocenters. The summed E-state index contributed by atoms with van der Waals surface area (Å²) in [6, 6.07) is 22.0. The van der Waals surface area contributed by atoms with Gasteiger partial charge >= 0.3 is 0 Å². The third-order valence-electron chi connectivity index (χ3n) is 7.06. The van der Waals surface area contributed by atoms with Crippen molar-refractivity contribution >= 4 is 29.1 Å². The molecule has 0 heterocycles. The van der Waals surface area contributed by atoms with E-state index in [1.807, 2.05) is 66.7 Å². The van der Waals surface area contributed by atoms with E-state index in [0.29, 0.717) is 36.0 Å². The molecule has 38 heavy (non-hydrogen) atoms. The number of amides is 2. The molecule has 0 saturated heterocycles. The van der Waals surface area contributed by atoms with E-state index in [4.69, 9.17) is 16.3 Å². The van der Waals surface area contributed by atoms with Gasteiger partial charge in [0, 0.05) is 29.4 Å². The van der Waals surface area contributed by atoms with Crippen LogP contribution in [-0.4, -0.2) is 38.1 Å². The molecular weight excluding hydrogens is 498 g/mol. The highest BCUT2D eigenvalue weighted by Crippen LogP contribution is 2.28. The van der Waals surface area contributed by atoms with E-state index >= 15 is 0 Å². The van der Waals surface area contributed by atoms with Gasteiger partial charge in [-0.05, 0) is 72.0 Å². The molecule has 1 fully saturated rings.